The Balaban J connectivity index is 2.55. The van der Waals surface area contributed by atoms with Crippen LogP contribution < -0.4 is 15.5 Å². The second kappa shape index (κ2) is 9.10. The second-order valence-corrected chi connectivity index (χ2v) is 4.16. The molecule has 0 heterocycles. The van der Waals surface area contributed by atoms with Crippen LogP contribution in [-0.4, -0.2) is 24.5 Å². The highest BCUT2D eigenvalue weighted by atomic mass is 32.1. The number of rotatable bonds is 7. The highest BCUT2D eigenvalue weighted by molar-refractivity contribution is 7.80. The van der Waals surface area contributed by atoms with Gasteiger partial charge in [-0.05, 0) is 30.8 Å². The molecule has 4 nitrogen and oxygen atoms in total. The molecule has 0 aromatic heterocycles. The molecule has 0 aliphatic rings. The minimum atomic E-state index is 0.461. The van der Waals surface area contributed by atoms with Gasteiger partial charge in [0.05, 0.1) is 12.8 Å². The molecule has 2 N–H and O–H groups in total. The topological polar surface area (TPSA) is 45.7 Å². The first-order valence-electron chi connectivity index (χ1n) is 6.17. The van der Waals surface area contributed by atoms with Crippen molar-refractivity contribution in [2.45, 2.75) is 13.3 Å². The van der Waals surface area contributed by atoms with E-state index in [1.807, 2.05) is 24.3 Å². The molecule has 0 fully saturated rings. The van der Waals surface area contributed by atoms with Gasteiger partial charge in [0.1, 0.15) is 5.75 Å². The van der Waals surface area contributed by atoms with Gasteiger partial charge in [-0.1, -0.05) is 25.1 Å². The van der Waals surface area contributed by atoms with E-state index in [2.05, 4.69) is 29.3 Å². The highest BCUT2D eigenvalue weighted by Gasteiger charge is 1.99. The van der Waals surface area contributed by atoms with E-state index in [1.165, 1.54) is 0 Å². The zero-order valence-electron chi connectivity index (χ0n) is 11.1. The third kappa shape index (κ3) is 6.01. The van der Waals surface area contributed by atoms with Crippen molar-refractivity contribution in [3.8, 4) is 5.75 Å². The van der Waals surface area contributed by atoms with Crippen LogP contribution in [0.2, 0.25) is 0 Å². The van der Waals surface area contributed by atoms with Gasteiger partial charge in [0.25, 0.3) is 0 Å². The first kappa shape index (κ1) is 15.2. The Morgan fingerprint density at radius 1 is 1.47 bits per heavy atom. The fourth-order valence-corrected chi connectivity index (χ4v) is 1.43. The van der Waals surface area contributed by atoms with Crippen molar-refractivity contribution >= 4 is 23.5 Å². The summed E-state index contributed by atoms with van der Waals surface area (Å²) in [4.78, 5) is 0. The number of hydrazone groups is 1. The van der Waals surface area contributed by atoms with Crippen molar-refractivity contribution in [1.29, 1.82) is 0 Å². The van der Waals surface area contributed by atoms with Crippen LogP contribution in [-0.2, 0) is 0 Å². The molecule has 0 saturated heterocycles. The van der Waals surface area contributed by atoms with E-state index in [0.29, 0.717) is 18.3 Å². The van der Waals surface area contributed by atoms with E-state index in [1.54, 1.807) is 12.3 Å². The zero-order chi connectivity index (χ0) is 13.9. The lowest BCUT2D eigenvalue weighted by atomic mass is 10.2. The smallest absolute Gasteiger partial charge is 0.187 e. The van der Waals surface area contributed by atoms with Crippen LogP contribution in [0.1, 0.15) is 18.9 Å². The van der Waals surface area contributed by atoms with Gasteiger partial charge in [0, 0.05) is 12.1 Å². The first-order valence-corrected chi connectivity index (χ1v) is 6.58. The quantitative estimate of drug-likeness (QED) is 0.348. The molecule has 0 aliphatic heterocycles. The van der Waals surface area contributed by atoms with Gasteiger partial charge < -0.3 is 10.1 Å². The SMILES string of the molecule is C=CCNC(=S)N/N=C/c1ccccc1OCCC. The largest absolute Gasteiger partial charge is 0.493 e. The molecule has 0 amide bonds. The number of nitrogens with one attached hydrogen (secondary N) is 2. The van der Waals surface area contributed by atoms with Gasteiger partial charge in [-0.25, -0.2) is 0 Å². The fraction of sp³-hybridized carbons (Fsp3) is 0.286. The summed E-state index contributed by atoms with van der Waals surface area (Å²) in [6, 6.07) is 7.74. The van der Waals surface area contributed by atoms with Crippen molar-refractivity contribution < 1.29 is 4.74 Å². The maximum atomic E-state index is 5.63. The monoisotopic (exact) mass is 277 g/mol. The summed E-state index contributed by atoms with van der Waals surface area (Å²) in [7, 11) is 0. The summed E-state index contributed by atoms with van der Waals surface area (Å²) >= 11 is 5.02. The molecular formula is C14H19N3OS. The van der Waals surface area contributed by atoms with Crippen LogP contribution in [0.3, 0.4) is 0 Å². The molecule has 1 rings (SSSR count). The Morgan fingerprint density at radius 2 is 2.26 bits per heavy atom. The molecule has 1 aromatic rings. The predicted molar refractivity (Wildman–Crippen MR) is 83.8 cm³/mol. The molecule has 0 bridgehead atoms. The Kier molecular flexibility index (Phi) is 7.27. The van der Waals surface area contributed by atoms with Crippen molar-refractivity contribution in [2.75, 3.05) is 13.2 Å². The number of benzene rings is 1. The fourth-order valence-electron chi connectivity index (χ4n) is 1.30. The number of thiocarbonyl (C=S) groups is 1. The molecule has 102 valence electrons. The molecule has 1 aromatic carbocycles. The third-order valence-corrected chi connectivity index (χ3v) is 2.39. The lowest BCUT2D eigenvalue weighted by molar-refractivity contribution is 0.317. The molecule has 0 unspecified atom stereocenters. The molecular weight excluding hydrogens is 258 g/mol. The minimum absolute atomic E-state index is 0.461. The average molecular weight is 277 g/mol. The molecule has 0 spiro atoms. The summed E-state index contributed by atoms with van der Waals surface area (Å²) in [5.41, 5.74) is 3.65. The van der Waals surface area contributed by atoms with Crippen LogP contribution in [0.5, 0.6) is 5.75 Å². The number of hydrogen-bond acceptors (Lipinski definition) is 3. The van der Waals surface area contributed by atoms with Crippen LogP contribution in [0.4, 0.5) is 0 Å². The van der Waals surface area contributed by atoms with Gasteiger partial charge in [0.2, 0.25) is 0 Å². The lowest BCUT2D eigenvalue weighted by Crippen LogP contribution is -2.31. The molecule has 0 saturated carbocycles. The summed E-state index contributed by atoms with van der Waals surface area (Å²) in [5, 5.41) is 7.46. The van der Waals surface area contributed by atoms with Crippen molar-refractivity contribution in [2.24, 2.45) is 5.10 Å². The Hall–Kier alpha value is -1.88. The summed E-state index contributed by atoms with van der Waals surface area (Å²) in [6.07, 6.45) is 4.39. The van der Waals surface area contributed by atoms with Gasteiger partial charge in [-0.15, -0.1) is 6.58 Å². The van der Waals surface area contributed by atoms with E-state index in [0.717, 1.165) is 17.7 Å². The number of nitrogens with zero attached hydrogens (tertiary/aromatic N) is 1. The van der Waals surface area contributed by atoms with Crippen LogP contribution in [0.25, 0.3) is 0 Å². The highest BCUT2D eigenvalue weighted by Crippen LogP contribution is 2.15. The van der Waals surface area contributed by atoms with Gasteiger partial charge >= 0.3 is 0 Å². The Labute approximate surface area is 119 Å². The second-order valence-electron chi connectivity index (χ2n) is 3.75. The Bertz CT molecular complexity index is 446. The maximum Gasteiger partial charge on any atom is 0.187 e. The van der Waals surface area contributed by atoms with Crippen LogP contribution >= 0.6 is 12.2 Å². The van der Waals surface area contributed by atoms with Gasteiger partial charge in [-0.3, -0.25) is 5.43 Å². The zero-order valence-corrected chi connectivity index (χ0v) is 11.9. The minimum Gasteiger partial charge on any atom is -0.493 e. The molecule has 19 heavy (non-hydrogen) atoms. The molecule has 0 atom stereocenters. The standard InChI is InChI=1S/C14H19N3OS/c1-3-9-15-14(19)17-16-11-12-7-5-6-8-13(12)18-10-4-2/h3,5-8,11H,1,4,9-10H2,2H3,(H2,15,17,19)/b16-11+. The van der Waals surface area contributed by atoms with Crippen molar-refractivity contribution in [1.82, 2.24) is 10.7 Å². The Morgan fingerprint density at radius 3 is 3.00 bits per heavy atom. The first-order chi connectivity index (χ1) is 9.27. The predicted octanol–water partition coefficient (Wildman–Crippen LogP) is 2.46. The average Bonchev–Trinajstić information content (AvgIpc) is 2.44. The summed E-state index contributed by atoms with van der Waals surface area (Å²) < 4.78 is 5.63. The maximum absolute atomic E-state index is 5.63. The molecule has 0 aliphatic carbocycles. The summed E-state index contributed by atoms with van der Waals surface area (Å²) in [5.74, 6) is 0.819. The normalized spacial score (nSPS) is 10.2. The number of ether oxygens (including phenoxy) is 1. The van der Waals surface area contributed by atoms with E-state index >= 15 is 0 Å². The third-order valence-electron chi connectivity index (χ3n) is 2.16. The van der Waals surface area contributed by atoms with Crippen LogP contribution in [0, 0.1) is 0 Å². The van der Waals surface area contributed by atoms with E-state index in [4.69, 9.17) is 17.0 Å². The van der Waals surface area contributed by atoms with E-state index in [9.17, 15) is 0 Å². The van der Waals surface area contributed by atoms with Gasteiger partial charge in [0.15, 0.2) is 5.11 Å². The van der Waals surface area contributed by atoms with E-state index < -0.39 is 0 Å². The molecule has 0 radical (unpaired) electrons. The lowest BCUT2D eigenvalue weighted by Gasteiger charge is -2.07. The van der Waals surface area contributed by atoms with Crippen LogP contribution in [0.15, 0.2) is 42.0 Å². The number of para-hydroxylation sites is 1. The van der Waals surface area contributed by atoms with Crippen molar-refractivity contribution in [3.63, 3.8) is 0 Å². The number of hydrogen-bond donors (Lipinski definition) is 2. The molecule has 5 heteroatoms. The summed E-state index contributed by atoms with van der Waals surface area (Å²) in [6.45, 7) is 6.97. The van der Waals surface area contributed by atoms with Crippen molar-refractivity contribution in [3.05, 3.63) is 42.5 Å². The van der Waals surface area contributed by atoms with E-state index in [-0.39, 0.29) is 0 Å². The van der Waals surface area contributed by atoms with Gasteiger partial charge in [-0.2, -0.15) is 5.10 Å².